The molecule has 0 aromatic heterocycles. The summed E-state index contributed by atoms with van der Waals surface area (Å²) in [6.45, 7) is 5.51. The topological polar surface area (TPSA) is 66.5 Å². The largest absolute Gasteiger partial charge is 0.324 e. The molecule has 0 aliphatic carbocycles. The number of nitrogens with zero attached hydrogens (tertiary/aromatic N) is 1. The van der Waals surface area contributed by atoms with Gasteiger partial charge in [-0.3, -0.25) is 9.10 Å². The van der Waals surface area contributed by atoms with Gasteiger partial charge in [0.1, 0.15) is 6.54 Å². The van der Waals surface area contributed by atoms with Gasteiger partial charge in [-0.1, -0.05) is 67.9 Å². The van der Waals surface area contributed by atoms with Crippen LogP contribution >= 0.6 is 11.6 Å². The number of sulfonamides is 1. The zero-order valence-electron chi connectivity index (χ0n) is 17.7. The van der Waals surface area contributed by atoms with Crippen LogP contribution in [0.2, 0.25) is 5.02 Å². The number of para-hydroxylation sites is 1. The summed E-state index contributed by atoms with van der Waals surface area (Å²) in [7, 11) is -3.98. The predicted octanol–water partition coefficient (Wildman–Crippen LogP) is 5.61. The highest BCUT2D eigenvalue weighted by atomic mass is 35.5. The van der Waals surface area contributed by atoms with E-state index in [2.05, 4.69) is 5.32 Å². The van der Waals surface area contributed by atoms with Crippen LogP contribution in [-0.4, -0.2) is 20.9 Å². The fourth-order valence-corrected chi connectivity index (χ4v) is 4.81. The maximum absolute atomic E-state index is 13.4. The van der Waals surface area contributed by atoms with Crippen molar-refractivity contribution in [1.29, 1.82) is 0 Å². The highest BCUT2D eigenvalue weighted by Gasteiger charge is 2.27. The van der Waals surface area contributed by atoms with E-state index < -0.39 is 15.9 Å². The van der Waals surface area contributed by atoms with Gasteiger partial charge in [0.05, 0.1) is 10.6 Å². The third-order valence-electron chi connectivity index (χ3n) is 4.92. The maximum Gasteiger partial charge on any atom is 0.264 e. The van der Waals surface area contributed by atoms with Gasteiger partial charge in [0.25, 0.3) is 10.0 Å². The second-order valence-corrected chi connectivity index (χ2v) is 9.82. The number of amides is 1. The van der Waals surface area contributed by atoms with E-state index in [1.807, 2.05) is 45.0 Å². The second-order valence-electron chi connectivity index (χ2n) is 7.55. The maximum atomic E-state index is 13.4. The van der Waals surface area contributed by atoms with E-state index in [1.54, 1.807) is 36.4 Å². The van der Waals surface area contributed by atoms with Crippen molar-refractivity contribution in [1.82, 2.24) is 0 Å². The Balaban J connectivity index is 1.97. The van der Waals surface area contributed by atoms with Gasteiger partial charge >= 0.3 is 0 Å². The number of aryl methyl sites for hydroxylation is 1. The molecular weight excluding hydrogens is 432 g/mol. The second kappa shape index (κ2) is 9.54. The summed E-state index contributed by atoms with van der Waals surface area (Å²) < 4.78 is 27.9. The molecule has 0 unspecified atom stereocenters. The van der Waals surface area contributed by atoms with Crippen LogP contribution in [0.4, 0.5) is 11.4 Å². The van der Waals surface area contributed by atoms with Crippen LogP contribution in [0.1, 0.15) is 30.9 Å². The number of carbonyl (C=O) groups is 1. The normalized spacial score (nSPS) is 11.4. The van der Waals surface area contributed by atoms with E-state index in [-0.39, 0.29) is 17.4 Å². The third kappa shape index (κ3) is 5.27. The number of anilines is 2. The molecule has 0 atom stereocenters. The van der Waals surface area contributed by atoms with E-state index in [1.165, 1.54) is 12.1 Å². The number of rotatable bonds is 7. The number of nitrogens with one attached hydrogen (secondary N) is 1. The molecule has 0 saturated carbocycles. The molecule has 0 saturated heterocycles. The molecule has 0 aliphatic heterocycles. The third-order valence-corrected chi connectivity index (χ3v) is 7.11. The average molecular weight is 457 g/mol. The average Bonchev–Trinajstić information content (AvgIpc) is 2.75. The molecular formula is C24H25ClN2O3S. The molecule has 3 rings (SSSR count). The van der Waals surface area contributed by atoms with Crippen LogP contribution in [0.15, 0.2) is 77.7 Å². The van der Waals surface area contributed by atoms with E-state index in [9.17, 15) is 13.2 Å². The molecule has 0 bridgehead atoms. The molecule has 7 heteroatoms. The van der Waals surface area contributed by atoms with Crippen molar-refractivity contribution < 1.29 is 13.2 Å². The van der Waals surface area contributed by atoms with Crippen LogP contribution in [-0.2, 0) is 14.8 Å². The van der Waals surface area contributed by atoms with Crippen LogP contribution in [0.25, 0.3) is 0 Å². The minimum atomic E-state index is -3.98. The Morgan fingerprint density at radius 2 is 1.65 bits per heavy atom. The number of benzene rings is 3. The van der Waals surface area contributed by atoms with E-state index in [4.69, 9.17) is 11.6 Å². The molecule has 1 N–H and O–H groups in total. The van der Waals surface area contributed by atoms with Gasteiger partial charge in [0.2, 0.25) is 5.91 Å². The highest BCUT2D eigenvalue weighted by Crippen LogP contribution is 2.29. The number of hydrogen-bond donors (Lipinski definition) is 1. The molecule has 3 aromatic carbocycles. The van der Waals surface area contributed by atoms with Crippen molar-refractivity contribution >= 4 is 38.9 Å². The summed E-state index contributed by atoms with van der Waals surface area (Å²) in [5.41, 5.74) is 2.79. The Kier molecular flexibility index (Phi) is 7.03. The van der Waals surface area contributed by atoms with Crippen molar-refractivity contribution in [2.24, 2.45) is 0 Å². The molecule has 5 nitrogen and oxygen atoms in total. The molecule has 0 radical (unpaired) electrons. The highest BCUT2D eigenvalue weighted by molar-refractivity contribution is 7.92. The van der Waals surface area contributed by atoms with Gasteiger partial charge in [-0.25, -0.2) is 8.42 Å². The van der Waals surface area contributed by atoms with Gasteiger partial charge < -0.3 is 5.32 Å². The fourth-order valence-electron chi connectivity index (χ4n) is 3.21. The van der Waals surface area contributed by atoms with Crippen LogP contribution < -0.4 is 9.62 Å². The van der Waals surface area contributed by atoms with Gasteiger partial charge in [-0.2, -0.15) is 0 Å². The van der Waals surface area contributed by atoms with Crippen LogP contribution in [0.5, 0.6) is 0 Å². The van der Waals surface area contributed by atoms with Crippen LogP contribution in [0.3, 0.4) is 0 Å². The Bertz CT molecular complexity index is 1180. The Morgan fingerprint density at radius 1 is 1.00 bits per heavy atom. The lowest BCUT2D eigenvalue weighted by Crippen LogP contribution is -2.38. The summed E-state index contributed by atoms with van der Waals surface area (Å²) in [4.78, 5) is 13.0. The molecule has 0 fully saturated rings. The summed E-state index contributed by atoms with van der Waals surface area (Å²) in [5, 5.41) is 3.29. The lowest BCUT2D eigenvalue weighted by molar-refractivity contribution is -0.114. The number of halogens is 1. The molecule has 162 valence electrons. The quantitative estimate of drug-likeness (QED) is 0.502. The van der Waals surface area contributed by atoms with Crippen molar-refractivity contribution in [3.63, 3.8) is 0 Å². The van der Waals surface area contributed by atoms with Crippen molar-refractivity contribution in [2.75, 3.05) is 16.2 Å². The minimum absolute atomic E-state index is 0.0991. The van der Waals surface area contributed by atoms with Crippen molar-refractivity contribution in [2.45, 2.75) is 31.6 Å². The van der Waals surface area contributed by atoms with Gasteiger partial charge in [0, 0.05) is 10.7 Å². The summed E-state index contributed by atoms with van der Waals surface area (Å²) in [5.74, 6) is -0.235. The summed E-state index contributed by atoms with van der Waals surface area (Å²) >= 11 is 6.25. The molecule has 1 amide bonds. The molecule has 0 heterocycles. The lowest BCUT2D eigenvalue weighted by atomic mass is 10.0. The van der Waals surface area contributed by atoms with Crippen molar-refractivity contribution in [3.05, 3.63) is 88.9 Å². The Morgan fingerprint density at radius 3 is 2.29 bits per heavy atom. The lowest BCUT2D eigenvalue weighted by Gasteiger charge is -2.25. The van der Waals surface area contributed by atoms with E-state index >= 15 is 0 Å². The van der Waals surface area contributed by atoms with Gasteiger partial charge in [0.15, 0.2) is 0 Å². The fraction of sp³-hybridized carbons (Fsp3) is 0.208. The first-order valence-electron chi connectivity index (χ1n) is 9.93. The van der Waals surface area contributed by atoms with E-state index in [0.29, 0.717) is 16.4 Å². The first-order chi connectivity index (χ1) is 14.7. The monoisotopic (exact) mass is 456 g/mol. The summed E-state index contributed by atoms with van der Waals surface area (Å²) in [6.07, 6.45) is 0. The SMILES string of the molecule is Cc1ccc(N(CC(=O)Nc2ccccc2C(C)C)S(=O)(=O)c2ccccc2)cc1Cl. The predicted molar refractivity (Wildman–Crippen MR) is 126 cm³/mol. The zero-order chi connectivity index (χ0) is 22.6. The first kappa shape index (κ1) is 22.8. The molecule has 3 aromatic rings. The number of carbonyl (C=O) groups excluding carboxylic acids is 1. The Hall–Kier alpha value is -2.83. The first-order valence-corrected chi connectivity index (χ1v) is 11.7. The minimum Gasteiger partial charge on any atom is -0.324 e. The Labute approximate surface area is 188 Å². The molecule has 31 heavy (non-hydrogen) atoms. The van der Waals surface area contributed by atoms with Crippen LogP contribution in [0, 0.1) is 6.92 Å². The van der Waals surface area contributed by atoms with Crippen molar-refractivity contribution in [3.8, 4) is 0 Å². The molecule has 0 aliphatic rings. The zero-order valence-corrected chi connectivity index (χ0v) is 19.2. The smallest absolute Gasteiger partial charge is 0.264 e. The van der Waals surface area contributed by atoms with E-state index in [0.717, 1.165) is 15.4 Å². The van der Waals surface area contributed by atoms with Gasteiger partial charge in [-0.15, -0.1) is 0 Å². The molecule has 0 spiro atoms. The van der Waals surface area contributed by atoms with Gasteiger partial charge in [-0.05, 0) is 54.3 Å². The number of hydrogen-bond acceptors (Lipinski definition) is 3. The standard InChI is InChI=1S/C24H25ClN2O3S/c1-17(2)21-11-7-8-12-23(21)26-24(28)16-27(19-14-13-18(3)22(25)15-19)31(29,30)20-9-5-4-6-10-20/h4-15,17H,16H2,1-3H3,(H,26,28). The summed E-state index contributed by atoms with van der Waals surface area (Å²) in [6, 6.07) is 20.5.